The van der Waals surface area contributed by atoms with E-state index in [0.717, 1.165) is 11.4 Å². The van der Waals surface area contributed by atoms with E-state index in [1.807, 2.05) is 24.3 Å². The van der Waals surface area contributed by atoms with Gasteiger partial charge < -0.3 is 21.0 Å². The smallest absolute Gasteiger partial charge is 0.161 e. The Bertz CT molecular complexity index is 352. The van der Waals surface area contributed by atoms with E-state index in [-0.39, 0.29) is 11.9 Å². The van der Waals surface area contributed by atoms with Crippen molar-refractivity contribution in [2.45, 2.75) is 13.0 Å². The summed E-state index contributed by atoms with van der Waals surface area (Å²) in [6.45, 7) is 1.80. The van der Waals surface area contributed by atoms with Crippen molar-refractivity contribution in [3.05, 3.63) is 24.3 Å². The third-order valence-electron chi connectivity index (χ3n) is 2.01. The predicted octanol–water partition coefficient (Wildman–Crippen LogP) is 1.24. The molecular formula is C10H15N3O2. The van der Waals surface area contributed by atoms with Crippen molar-refractivity contribution in [1.29, 1.82) is 0 Å². The number of hydrogen-bond acceptors (Lipinski definition) is 4. The monoisotopic (exact) mass is 209 g/mol. The van der Waals surface area contributed by atoms with Crippen LogP contribution in [0.15, 0.2) is 29.4 Å². The van der Waals surface area contributed by atoms with E-state index in [1.165, 1.54) is 0 Å². The fourth-order valence-corrected chi connectivity index (χ4v) is 1.12. The van der Waals surface area contributed by atoms with Crippen LogP contribution in [0.4, 0.5) is 5.69 Å². The number of benzene rings is 1. The maximum absolute atomic E-state index is 8.48. The van der Waals surface area contributed by atoms with Gasteiger partial charge in [0.05, 0.1) is 13.2 Å². The molecule has 0 radical (unpaired) electrons. The molecular weight excluding hydrogens is 194 g/mol. The number of nitrogens with two attached hydrogens (primary N) is 1. The lowest BCUT2D eigenvalue weighted by Crippen LogP contribution is -2.32. The lowest BCUT2D eigenvalue weighted by Gasteiger charge is -2.14. The fraction of sp³-hybridized carbons (Fsp3) is 0.300. The first-order valence-electron chi connectivity index (χ1n) is 4.55. The standard InChI is InChI=1S/C10H15N3O2/c1-7(10(11)13-14)12-8-4-3-5-9(6-8)15-2/h3-7,12,14H,1-2H3,(H2,11,13). The Morgan fingerprint density at radius 2 is 2.33 bits per heavy atom. The van der Waals surface area contributed by atoms with Crippen LogP contribution >= 0.6 is 0 Å². The third kappa shape index (κ3) is 3.05. The van der Waals surface area contributed by atoms with Crippen LogP contribution in [0.25, 0.3) is 0 Å². The van der Waals surface area contributed by atoms with E-state index in [4.69, 9.17) is 15.7 Å². The van der Waals surface area contributed by atoms with E-state index in [1.54, 1.807) is 14.0 Å². The second kappa shape index (κ2) is 5.09. The van der Waals surface area contributed by atoms with Crippen LogP contribution in [0.3, 0.4) is 0 Å². The minimum atomic E-state index is -0.234. The van der Waals surface area contributed by atoms with E-state index >= 15 is 0 Å². The number of hydrogen-bond donors (Lipinski definition) is 3. The van der Waals surface area contributed by atoms with Crippen molar-refractivity contribution in [3.63, 3.8) is 0 Å². The quantitative estimate of drug-likeness (QED) is 0.302. The molecule has 0 aliphatic heterocycles. The SMILES string of the molecule is COc1cccc(NC(C)C(N)=NO)c1. The Kier molecular flexibility index (Phi) is 3.79. The van der Waals surface area contributed by atoms with E-state index in [9.17, 15) is 0 Å². The molecule has 0 bridgehead atoms. The lowest BCUT2D eigenvalue weighted by molar-refractivity contribution is 0.316. The molecule has 4 N–H and O–H groups in total. The first kappa shape index (κ1) is 11.2. The summed E-state index contributed by atoms with van der Waals surface area (Å²) in [6.07, 6.45) is 0. The van der Waals surface area contributed by atoms with Crippen molar-refractivity contribution in [3.8, 4) is 5.75 Å². The molecule has 0 fully saturated rings. The first-order chi connectivity index (χ1) is 7.17. The van der Waals surface area contributed by atoms with Crippen LogP contribution in [0.5, 0.6) is 5.75 Å². The highest BCUT2D eigenvalue weighted by atomic mass is 16.5. The number of ether oxygens (including phenoxy) is 1. The average Bonchev–Trinajstić information content (AvgIpc) is 2.28. The Balaban J connectivity index is 2.72. The minimum absolute atomic E-state index is 0.137. The number of methoxy groups -OCH3 is 1. The van der Waals surface area contributed by atoms with Crippen LogP contribution < -0.4 is 15.8 Å². The summed E-state index contributed by atoms with van der Waals surface area (Å²) < 4.78 is 5.07. The molecule has 5 heteroatoms. The molecule has 0 amide bonds. The number of nitrogens with zero attached hydrogens (tertiary/aromatic N) is 1. The molecule has 0 heterocycles. The van der Waals surface area contributed by atoms with Gasteiger partial charge in [-0.25, -0.2) is 0 Å². The summed E-state index contributed by atoms with van der Waals surface area (Å²) in [5.74, 6) is 0.893. The molecule has 0 aromatic heterocycles. The van der Waals surface area contributed by atoms with Gasteiger partial charge in [-0.05, 0) is 19.1 Å². The van der Waals surface area contributed by atoms with Gasteiger partial charge >= 0.3 is 0 Å². The highest BCUT2D eigenvalue weighted by Crippen LogP contribution is 2.17. The Morgan fingerprint density at radius 3 is 2.93 bits per heavy atom. The zero-order chi connectivity index (χ0) is 11.3. The van der Waals surface area contributed by atoms with Crippen LogP contribution in [-0.4, -0.2) is 24.2 Å². The molecule has 0 aliphatic carbocycles. The highest BCUT2D eigenvalue weighted by Gasteiger charge is 2.06. The van der Waals surface area contributed by atoms with Crippen LogP contribution in [0, 0.1) is 0 Å². The summed E-state index contributed by atoms with van der Waals surface area (Å²) in [7, 11) is 1.60. The van der Waals surface area contributed by atoms with Gasteiger partial charge in [-0.3, -0.25) is 0 Å². The number of oxime groups is 1. The van der Waals surface area contributed by atoms with Crippen molar-refractivity contribution in [2.75, 3.05) is 12.4 Å². The van der Waals surface area contributed by atoms with Crippen molar-refractivity contribution < 1.29 is 9.94 Å². The molecule has 1 aromatic carbocycles. The van der Waals surface area contributed by atoms with Gasteiger partial charge in [0.1, 0.15) is 5.75 Å². The minimum Gasteiger partial charge on any atom is -0.497 e. The predicted molar refractivity (Wildman–Crippen MR) is 59.5 cm³/mol. The molecule has 1 rings (SSSR count). The number of rotatable bonds is 4. The van der Waals surface area contributed by atoms with Gasteiger partial charge in [-0.15, -0.1) is 0 Å². The molecule has 1 atom stereocenters. The summed E-state index contributed by atoms with van der Waals surface area (Å²) in [4.78, 5) is 0. The molecule has 0 spiro atoms. The number of nitrogens with one attached hydrogen (secondary N) is 1. The van der Waals surface area contributed by atoms with Crippen LogP contribution in [-0.2, 0) is 0 Å². The Labute approximate surface area is 88.5 Å². The van der Waals surface area contributed by atoms with Gasteiger partial charge in [-0.2, -0.15) is 0 Å². The number of anilines is 1. The molecule has 5 nitrogen and oxygen atoms in total. The largest absolute Gasteiger partial charge is 0.497 e. The fourth-order valence-electron chi connectivity index (χ4n) is 1.12. The summed E-state index contributed by atoms with van der Waals surface area (Å²) in [6, 6.07) is 7.19. The Morgan fingerprint density at radius 1 is 1.60 bits per heavy atom. The molecule has 0 saturated heterocycles. The van der Waals surface area contributed by atoms with Gasteiger partial charge in [0.25, 0.3) is 0 Å². The van der Waals surface area contributed by atoms with E-state index in [2.05, 4.69) is 10.5 Å². The van der Waals surface area contributed by atoms with Crippen molar-refractivity contribution in [2.24, 2.45) is 10.9 Å². The highest BCUT2D eigenvalue weighted by molar-refractivity contribution is 5.87. The second-order valence-electron chi connectivity index (χ2n) is 3.12. The van der Waals surface area contributed by atoms with Gasteiger partial charge in [0.15, 0.2) is 5.84 Å². The van der Waals surface area contributed by atoms with Crippen LogP contribution in [0.1, 0.15) is 6.92 Å². The van der Waals surface area contributed by atoms with Crippen LogP contribution in [0.2, 0.25) is 0 Å². The number of amidine groups is 1. The van der Waals surface area contributed by atoms with Gasteiger partial charge in [-0.1, -0.05) is 11.2 Å². The van der Waals surface area contributed by atoms with Crippen molar-refractivity contribution in [1.82, 2.24) is 0 Å². The normalized spacial score (nSPS) is 13.3. The third-order valence-corrected chi connectivity index (χ3v) is 2.01. The molecule has 1 unspecified atom stereocenters. The lowest BCUT2D eigenvalue weighted by atomic mass is 10.2. The maximum atomic E-state index is 8.48. The molecule has 1 aromatic rings. The molecule has 0 saturated carbocycles. The first-order valence-corrected chi connectivity index (χ1v) is 4.55. The molecule has 15 heavy (non-hydrogen) atoms. The Hall–Kier alpha value is -1.91. The second-order valence-corrected chi connectivity index (χ2v) is 3.12. The average molecular weight is 209 g/mol. The zero-order valence-electron chi connectivity index (χ0n) is 8.77. The van der Waals surface area contributed by atoms with E-state index < -0.39 is 0 Å². The zero-order valence-corrected chi connectivity index (χ0v) is 8.77. The summed E-state index contributed by atoms with van der Waals surface area (Å²) in [5.41, 5.74) is 6.30. The molecule has 0 aliphatic rings. The van der Waals surface area contributed by atoms with Crippen molar-refractivity contribution >= 4 is 11.5 Å². The van der Waals surface area contributed by atoms with E-state index in [0.29, 0.717) is 0 Å². The molecule has 82 valence electrons. The summed E-state index contributed by atoms with van der Waals surface area (Å²) >= 11 is 0. The van der Waals surface area contributed by atoms with Gasteiger partial charge in [0.2, 0.25) is 0 Å². The summed E-state index contributed by atoms with van der Waals surface area (Å²) in [5, 5.41) is 14.5. The van der Waals surface area contributed by atoms with Gasteiger partial charge in [0, 0.05) is 11.8 Å². The maximum Gasteiger partial charge on any atom is 0.161 e. The topological polar surface area (TPSA) is 79.9 Å².